The van der Waals surface area contributed by atoms with Gasteiger partial charge in [0, 0.05) is 55.1 Å². The van der Waals surface area contributed by atoms with Crippen molar-refractivity contribution in [2.24, 2.45) is 5.92 Å². The van der Waals surface area contributed by atoms with Crippen molar-refractivity contribution in [1.82, 2.24) is 19.9 Å². The molecule has 0 spiro atoms. The van der Waals surface area contributed by atoms with Crippen molar-refractivity contribution in [1.29, 1.82) is 0 Å². The molecule has 0 saturated carbocycles. The lowest BCUT2D eigenvalue weighted by molar-refractivity contribution is -0.130. The number of hydrogen-bond acceptors (Lipinski definition) is 5. The second-order valence-electron chi connectivity index (χ2n) is 8.52. The number of allylic oxidation sites excluding steroid dienone is 2. The van der Waals surface area contributed by atoms with Crippen LogP contribution in [0.5, 0.6) is 0 Å². The van der Waals surface area contributed by atoms with Gasteiger partial charge in [0.1, 0.15) is 11.6 Å². The lowest BCUT2D eigenvalue weighted by Crippen LogP contribution is -2.29. The molecule has 5 rings (SSSR count). The SMILES string of the molecule is O=C(C[C@H]1C=CCC1)N1CC[C@@H](c2nc(Nc3ccccc3)cc(-c3cccnc3)n2)C1. The van der Waals surface area contributed by atoms with E-state index >= 15 is 0 Å². The summed E-state index contributed by atoms with van der Waals surface area (Å²) >= 11 is 0. The Bertz CT molecular complexity index is 1100. The largest absolute Gasteiger partial charge is 0.342 e. The van der Waals surface area contributed by atoms with Crippen molar-refractivity contribution in [3.05, 3.63) is 78.9 Å². The van der Waals surface area contributed by atoms with E-state index in [0.717, 1.165) is 54.4 Å². The Balaban J connectivity index is 1.38. The molecule has 3 aromatic rings. The summed E-state index contributed by atoms with van der Waals surface area (Å²) in [5.41, 5.74) is 2.76. The number of hydrogen-bond donors (Lipinski definition) is 1. The summed E-state index contributed by atoms with van der Waals surface area (Å²) in [6.07, 6.45) is 11.6. The Hall–Kier alpha value is -3.54. The molecule has 162 valence electrons. The van der Waals surface area contributed by atoms with E-state index in [-0.39, 0.29) is 11.8 Å². The standard InChI is InChI=1S/C26H27N5O/c32-25(15-19-7-4-5-8-19)31-14-12-21(18-31)26-29-23(20-9-6-13-27-17-20)16-24(30-26)28-22-10-2-1-3-11-22/h1-4,6-7,9-11,13,16-17,19,21H,5,8,12,14-15,18H2,(H,28,29,30)/t19-,21+/m0/s1. The molecule has 1 amide bonds. The molecule has 6 nitrogen and oxygen atoms in total. The molecule has 2 aliphatic rings. The number of pyridine rings is 1. The van der Waals surface area contributed by atoms with Gasteiger partial charge in [-0.25, -0.2) is 9.97 Å². The smallest absolute Gasteiger partial charge is 0.223 e. The third-order valence-electron chi connectivity index (χ3n) is 6.20. The van der Waals surface area contributed by atoms with E-state index in [2.05, 4.69) is 22.5 Å². The molecule has 1 saturated heterocycles. The summed E-state index contributed by atoms with van der Waals surface area (Å²) in [5, 5.41) is 3.40. The summed E-state index contributed by atoms with van der Waals surface area (Å²) < 4.78 is 0. The van der Waals surface area contributed by atoms with Crippen LogP contribution < -0.4 is 5.32 Å². The van der Waals surface area contributed by atoms with E-state index in [4.69, 9.17) is 9.97 Å². The van der Waals surface area contributed by atoms with Gasteiger partial charge in [-0.2, -0.15) is 0 Å². The summed E-state index contributed by atoms with van der Waals surface area (Å²) in [6, 6.07) is 15.9. The van der Waals surface area contributed by atoms with Gasteiger partial charge in [0.15, 0.2) is 0 Å². The number of rotatable bonds is 6. The molecule has 2 aromatic heterocycles. The highest BCUT2D eigenvalue weighted by atomic mass is 16.2. The average molecular weight is 426 g/mol. The summed E-state index contributed by atoms with van der Waals surface area (Å²) in [5.74, 6) is 2.30. The number of carbonyl (C=O) groups is 1. The van der Waals surface area contributed by atoms with E-state index in [1.807, 2.05) is 59.6 Å². The van der Waals surface area contributed by atoms with Crippen LogP contribution in [-0.4, -0.2) is 38.8 Å². The predicted molar refractivity (Wildman–Crippen MR) is 125 cm³/mol. The monoisotopic (exact) mass is 425 g/mol. The minimum Gasteiger partial charge on any atom is -0.342 e. The highest BCUT2D eigenvalue weighted by molar-refractivity contribution is 5.77. The van der Waals surface area contributed by atoms with Crippen LogP contribution in [-0.2, 0) is 4.79 Å². The average Bonchev–Trinajstić information content (AvgIpc) is 3.53. The van der Waals surface area contributed by atoms with Crippen LogP contribution in [0.25, 0.3) is 11.3 Å². The first-order valence-corrected chi connectivity index (χ1v) is 11.3. The fourth-order valence-corrected chi connectivity index (χ4v) is 4.46. The third kappa shape index (κ3) is 4.69. The van der Waals surface area contributed by atoms with Gasteiger partial charge < -0.3 is 10.2 Å². The second kappa shape index (κ2) is 9.30. The first-order valence-electron chi connectivity index (χ1n) is 11.3. The van der Waals surface area contributed by atoms with Gasteiger partial charge in [-0.3, -0.25) is 9.78 Å². The quantitative estimate of drug-likeness (QED) is 0.566. The van der Waals surface area contributed by atoms with Crippen molar-refractivity contribution in [2.45, 2.75) is 31.6 Å². The van der Waals surface area contributed by atoms with Crippen LogP contribution in [0.2, 0.25) is 0 Å². The van der Waals surface area contributed by atoms with Crippen molar-refractivity contribution >= 4 is 17.4 Å². The number of anilines is 2. The Morgan fingerprint density at radius 1 is 1.09 bits per heavy atom. The first kappa shape index (κ1) is 20.4. The number of nitrogens with one attached hydrogen (secondary N) is 1. The Morgan fingerprint density at radius 2 is 2.00 bits per heavy atom. The maximum absolute atomic E-state index is 12.8. The predicted octanol–water partition coefficient (Wildman–Crippen LogP) is 4.95. The fourth-order valence-electron chi connectivity index (χ4n) is 4.46. The van der Waals surface area contributed by atoms with E-state index in [9.17, 15) is 4.79 Å². The van der Waals surface area contributed by atoms with E-state index < -0.39 is 0 Å². The zero-order chi connectivity index (χ0) is 21.8. The van der Waals surface area contributed by atoms with Gasteiger partial charge in [-0.1, -0.05) is 30.4 Å². The number of amides is 1. The number of benzene rings is 1. The van der Waals surface area contributed by atoms with E-state index in [0.29, 0.717) is 18.9 Å². The maximum Gasteiger partial charge on any atom is 0.223 e. The van der Waals surface area contributed by atoms with Crippen LogP contribution in [0.1, 0.15) is 37.4 Å². The molecule has 0 unspecified atom stereocenters. The van der Waals surface area contributed by atoms with Crippen LogP contribution in [0.15, 0.2) is 73.1 Å². The zero-order valence-electron chi connectivity index (χ0n) is 18.0. The molecule has 1 fully saturated rings. The van der Waals surface area contributed by atoms with Gasteiger partial charge in [0.05, 0.1) is 5.69 Å². The van der Waals surface area contributed by atoms with E-state index in [1.165, 1.54) is 0 Å². The molecule has 1 N–H and O–H groups in total. The minimum atomic E-state index is 0.131. The van der Waals surface area contributed by atoms with Gasteiger partial charge >= 0.3 is 0 Å². The highest BCUT2D eigenvalue weighted by Crippen LogP contribution is 2.30. The molecule has 1 aliphatic carbocycles. The summed E-state index contributed by atoms with van der Waals surface area (Å²) in [6.45, 7) is 1.44. The second-order valence-corrected chi connectivity index (χ2v) is 8.52. The normalized spacial score (nSPS) is 19.9. The summed E-state index contributed by atoms with van der Waals surface area (Å²) in [4.78, 5) is 28.8. The first-order chi connectivity index (χ1) is 15.7. The molecule has 0 radical (unpaired) electrons. The van der Waals surface area contributed by atoms with Gasteiger partial charge in [-0.05, 0) is 49.4 Å². The molecule has 0 bridgehead atoms. The van der Waals surface area contributed by atoms with E-state index in [1.54, 1.807) is 6.20 Å². The van der Waals surface area contributed by atoms with Crippen LogP contribution in [0, 0.1) is 5.92 Å². The van der Waals surface area contributed by atoms with Crippen LogP contribution in [0.4, 0.5) is 11.5 Å². The molecule has 1 aromatic carbocycles. The highest BCUT2D eigenvalue weighted by Gasteiger charge is 2.30. The molecule has 3 heterocycles. The van der Waals surface area contributed by atoms with Crippen molar-refractivity contribution in [3.63, 3.8) is 0 Å². The van der Waals surface area contributed by atoms with Crippen LogP contribution >= 0.6 is 0 Å². The maximum atomic E-state index is 12.8. The lowest BCUT2D eigenvalue weighted by atomic mass is 10.0. The van der Waals surface area contributed by atoms with Crippen LogP contribution in [0.3, 0.4) is 0 Å². The van der Waals surface area contributed by atoms with Crippen molar-refractivity contribution in [2.75, 3.05) is 18.4 Å². The molecule has 6 heteroatoms. The molecule has 2 atom stereocenters. The lowest BCUT2D eigenvalue weighted by Gasteiger charge is -2.18. The number of likely N-dealkylation sites (tertiary alicyclic amines) is 1. The zero-order valence-corrected chi connectivity index (χ0v) is 18.0. The fraction of sp³-hybridized carbons (Fsp3) is 0.308. The Labute approximate surface area is 188 Å². The van der Waals surface area contributed by atoms with Crippen molar-refractivity contribution < 1.29 is 4.79 Å². The molecule has 32 heavy (non-hydrogen) atoms. The Kier molecular flexibility index (Phi) is 5.92. The Morgan fingerprint density at radius 3 is 2.78 bits per heavy atom. The number of nitrogens with zero attached hydrogens (tertiary/aromatic N) is 4. The molecule has 1 aliphatic heterocycles. The van der Waals surface area contributed by atoms with Crippen molar-refractivity contribution in [3.8, 4) is 11.3 Å². The minimum absolute atomic E-state index is 0.131. The van der Waals surface area contributed by atoms with Gasteiger partial charge in [0.2, 0.25) is 5.91 Å². The number of para-hydroxylation sites is 1. The van der Waals surface area contributed by atoms with Gasteiger partial charge in [0.25, 0.3) is 0 Å². The number of aromatic nitrogens is 3. The summed E-state index contributed by atoms with van der Waals surface area (Å²) in [7, 11) is 0. The number of carbonyl (C=O) groups excluding carboxylic acids is 1. The molecular weight excluding hydrogens is 398 g/mol. The molecular formula is C26H27N5O. The third-order valence-corrected chi connectivity index (χ3v) is 6.20. The van der Waals surface area contributed by atoms with Gasteiger partial charge in [-0.15, -0.1) is 0 Å². The topological polar surface area (TPSA) is 71.0 Å².